The molecule has 0 amide bonds. The molecule has 1 aromatic rings. The van der Waals surface area contributed by atoms with Crippen LogP contribution in [0.1, 0.15) is 57.1 Å². The Morgan fingerprint density at radius 2 is 1.80 bits per heavy atom. The molecule has 1 aromatic carbocycles. The maximum absolute atomic E-state index is 9.65. The summed E-state index contributed by atoms with van der Waals surface area (Å²) in [5.74, 6) is 0. The molecule has 1 atom stereocenters. The summed E-state index contributed by atoms with van der Waals surface area (Å²) in [5, 5.41) is 9.65. The van der Waals surface area contributed by atoms with E-state index in [1.807, 2.05) is 13.0 Å². The minimum absolute atomic E-state index is 0.400. The number of aliphatic hydroxyl groups excluding tert-OH is 1. The molecule has 0 bridgehead atoms. The van der Waals surface area contributed by atoms with E-state index in [0.29, 0.717) is 5.41 Å². The molecular weight excluding hydrogens is 314 g/mol. The molecule has 0 unspecified atom stereocenters. The summed E-state index contributed by atoms with van der Waals surface area (Å²) < 4.78 is 1.11. The minimum atomic E-state index is -0.400. The summed E-state index contributed by atoms with van der Waals surface area (Å²) in [5.41, 5.74) is 2.93. The molecule has 1 saturated heterocycles. The van der Waals surface area contributed by atoms with Crippen molar-refractivity contribution in [1.82, 2.24) is 0 Å². The number of hydrogen-bond donors (Lipinski definition) is 1. The maximum atomic E-state index is 9.65. The van der Waals surface area contributed by atoms with Gasteiger partial charge in [-0.25, -0.2) is 0 Å². The highest BCUT2D eigenvalue weighted by atomic mass is 79.9. The number of hydrogen-bond acceptors (Lipinski definition) is 2. The van der Waals surface area contributed by atoms with Gasteiger partial charge in [0.2, 0.25) is 0 Å². The van der Waals surface area contributed by atoms with E-state index in [-0.39, 0.29) is 0 Å². The van der Waals surface area contributed by atoms with Gasteiger partial charge in [-0.2, -0.15) is 0 Å². The van der Waals surface area contributed by atoms with E-state index in [0.717, 1.165) is 10.0 Å². The van der Waals surface area contributed by atoms with Crippen LogP contribution in [0.25, 0.3) is 0 Å². The molecule has 110 valence electrons. The lowest BCUT2D eigenvalue weighted by atomic mass is 9.77. The highest BCUT2D eigenvalue weighted by molar-refractivity contribution is 9.10. The fraction of sp³-hybridized carbons (Fsp3) is 0.647. The topological polar surface area (TPSA) is 23.5 Å². The van der Waals surface area contributed by atoms with Gasteiger partial charge in [-0.3, -0.25) is 0 Å². The number of halogens is 1. The van der Waals surface area contributed by atoms with Crippen LogP contribution in [0.2, 0.25) is 0 Å². The average Bonchev–Trinajstić information content (AvgIpc) is 2.88. The van der Waals surface area contributed by atoms with Gasteiger partial charge in [0.15, 0.2) is 0 Å². The second kappa shape index (κ2) is 5.69. The van der Waals surface area contributed by atoms with Crippen molar-refractivity contribution in [2.24, 2.45) is 5.41 Å². The lowest BCUT2D eigenvalue weighted by Gasteiger charge is -2.41. The normalized spacial score (nSPS) is 23.2. The molecule has 0 aromatic heterocycles. The molecule has 3 rings (SSSR count). The molecular formula is C17H24BrNO. The fourth-order valence-electron chi connectivity index (χ4n) is 3.89. The first-order valence-electron chi connectivity index (χ1n) is 7.82. The van der Waals surface area contributed by atoms with Crippen molar-refractivity contribution in [3.8, 4) is 0 Å². The van der Waals surface area contributed by atoms with E-state index in [9.17, 15) is 5.11 Å². The second-order valence-corrected chi connectivity index (χ2v) is 7.44. The standard InChI is InChI=1S/C17H24BrNO/c1-13(20)14-4-5-16(15(18)12-14)19-10-8-17(9-11-19)6-2-3-7-17/h4-5,12-13,20H,2-3,6-11H2,1H3/t13-/m1/s1. The molecule has 3 heteroatoms. The molecule has 2 nitrogen and oxygen atoms in total. The summed E-state index contributed by atoms with van der Waals surface area (Å²) in [4.78, 5) is 2.50. The van der Waals surface area contributed by atoms with Crippen molar-refractivity contribution in [3.05, 3.63) is 28.2 Å². The summed E-state index contributed by atoms with van der Waals surface area (Å²) in [6, 6.07) is 6.25. The minimum Gasteiger partial charge on any atom is -0.389 e. The van der Waals surface area contributed by atoms with E-state index in [4.69, 9.17) is 0 Å². The third-order valence-corrected chi connectivity index (χ3v) is 5.92. The number of aliphatic hydroxyl groups is 1. The van der Waals surface area contributed by atoms with Crippen LogP contribution in [0, 0.1) is 5.41 Å². The van der Waals surface area contributed by atoms with Crippen LogP contribution < -0.4 is 4.90 Å². The summed E-state index contributed by atoms with van der Waals surface area (Å²) in [7, 11) is 0. The van der Waals surface area contributed by atoms with Crippen molar-refractivity contribution < 1.29 is 5.11 Å². The third-order valence-electron chi connectivity index (χ3n) is 5.28. The molecule has 1 aliphatic carbocycles. The van der Waals surface area contributed by atoms with Crippen molar-refractivity contribution in [2.45, 2.75) is 51.6 Å². The lowest BCUT2D eigenvalue weighted by Crippen LogP contribution is -2.39. The highest BCUT2D eigenvalue weighted by Gasteiger charge is 2.37. The second-order valence-electron chi connectivity index (χ2n) is 6.58. The van der Waals surface area contributed by atoms with Crippen LogP contribution in [-0.2, 0) is 0 Å². The van der Waals surface area contributed by atoms with Gasteiger partial charge < -0.3 is 10.0 Å². The number of benzene rings is 1. The Kier molecular flexibility index (Phi) is 4.09. The van der Waals surface area contributed by atoms with Crippen LogP contribution in [0.15, 0.2) is 22.7 Å². The van der Waals surface area contributed by atoms with Gasteiger partial charge in [0.05, 0.1) is 11.8 Å². The van der Waals surface area contributed by atoms with Crippen molar-refractivity contribution >= 4 is 21.6 Å². The van der Waals surface area contributed by atoms with Crippen LogP contribution in [-0.4, -0.2) is 18.2 Å². The molecule has 1 N–H and O–H groups in total. The zero-order valence-electron chi connectivity index (χ0n) is 12.2. The van der Waals surface area contributed by atoms with Crippen LogP contribution in [0.3, 0.4) is 0 Å². The Labute approximate surface area is 130 Å². The molecule has 1 heterocycles. The van der Waals surface area contributed by atoms with Crippen LogP contribution >= 0.6 is 15.9 Å². The summed E-state index contributed by atoms with van der Waals surface area (Å²) in [6.07, 6.45) is 8.06. The first-order chi connectivity index (χ1) is 9.60. The quantitative estimate of drug-likeness (QED) is 0.848. The predicted octanol–water partition coefficient (Wildman–Crippen LogP) is 4.66. The van der Waals surface area contributed by atoms with Gasteiger partial charge in [-0.1, -0.05) is 18.9 Å². The smallest absolute Gasteiger partial charge is 0.0762 e. The van der Waals surface area contributed by atoms with E-state index in [2.05, 4.69) is 33.0 Å². The molecule has 1 spiro atoms. The largest absolute Gasteiger partial charge is 0.389 e. The summed E-state index contributed by atoms with van der Waals surface area (Å²) in [6.45, 7) is 4.16. The maximum Gasteiger partial charge on any atom is 0.0762 e. The highest BCUT2D eigenvalue weighted by Crippen LogP contribution is 2.47. The fourth-order valence-corrected chi connectivity index (χ4v) is 4.53. The predicted molar refractivity (Wildman–Crippen MR) is 87.1 cm³/mol. The Morgan fingerprint density at radius 1 is 1.15 bits per heavy atom. The first kappa shape index (κ1) is 14.4. The van der Waals surface area contributed by atoms with Gasteiger partial charge in [0, 0.05) is 17.6 Å². The van der Waals surface area contributed by atoms with E-state index >= 15 is 0 Å². The number of piperidine rings is 1. The van der Waals surface area contributed by atoms with Crippen molar-refractivity contribution in [1.29, 1.82) is 0 Å². The Hall–Kier alpha value is -0.540. The van der Waals surface area contributed by atoms with Crippen LogP contribution in [0.4, 0.5) is 5.69 Å². The Balaban J connectivity index is 1.71. The molecule has 2 fully saturated rings. The van der Waals surface area contributed by atoms with Gasteiger partial charge in [0.25, 0.3) is 0 Å². The van der Waals surface area contributed by atoms with Gasteiger partial charge in [-0.05, 0) is 71.6 Å². The number of anilines is 1. The van der Waals surface area contributed by atoms with E-state index in [1.54, 1.807) is 0 Å². The molecule has 20 heavy (non-hydrogen) atoms. The Bertz CT molecular complexity index is 470. The summed E-state index contributed by atoms with van der Waals surface area (Å²) >= 11 is 3.67. The van der Waals surface area contributed by atoms with Crippen molar-refractivity contribution in [2.75, 3.05) is 18.0 Å². The van der Waals surface area contributed by atoms with E-state index < -0.39 is 6.10 Å². The van der Waals surface area contributed by atoms with Gasteiger partial charge >= 0.3 is 0 Å². The molecule has 2 aliphatic rings. The van der Waals surface area contributed by atoms with Gasteiger partial charge in [-0.15, -0.1) is 0 Å². The number of rotatable bonds is 2. The Morgan fingerprint density at radius 3 is 2.35 bits per heavy atom. The van der Waals surface area contributed by atoms with Gasteiger partial charge in [0.1, 0.15) is 0 Å². The lowest BCUT2D eigenvalue weighted by molar-refractivity contribution is 0.199. The molecule has 1 saturated carbocycles. The van der Waals surface area contributed by atoms with Crippen LogP contribution in [0.5, 0.6) is 0 Å². The average molecular weight is 338 g/mol. The third kappa shape index (κ3) is 2.75. The monoisotopic (exact) mass is 337 g/mol. The molecule has 1 aliphatic heterocycles. The molecule has 0 radical (unpaired) electrons. The SMILES string of the molecule is C[C@@H](O)c1ccc(N2CCC3(CCCC3)CC2)c(Br)c1. The number of nitrogens with zero attached hydrogens (tertiary/aromatic N) is 1. The van der Waals surface area contributed by atoms with Crippen molar-refractivity contribution in [3.63, 3.8) is 0 Å². The zero-order valence-corrected chi connectivity index (χ0v) is 13.8. The first-order valence-corrected chi connectivity index (χ1v) is 8.61. The zero-order chi connectivity index (χ0) is 14.2. The van der Waals surface area contributed by atoms with E-state index in [1.165, 1.54) is 57.3 Å².